The zero-order chi connectivity index (χ0) is 10.1. The van der Waals surface area contributed by atoms with Gasteiger partial charge >= 0.3 is 0 Å². The summed E-state index contributed by atoms with van der Waals surface area (Å²) in [5.74, 6) is 3.53. The van der Waals surface area contributed by atoms with Crippen LogP contribution in [0, 0.1) is 0 Å². The highest BCUT2D eigenvalue weighted by atomic mass is 32.2. The van der Waals surface area contributed by atoms with Crippen molar-refractivity contribution in [2.24, 2.45) is 4.99 Å². The Morgan fingerprint density at radius 3 is 3.07 bits per heavy atom. The van der Waals surface area contributed by atoms with E-state index in [1.54, 1.807) is 0 Å². The van der Waals surface area contributed by atoms with Crippen molar-refractivity contribution in [2.75, 3.05) is 29.5 Å². The third kappa shape index (κ3) is 1.65. The number of hydrogen-bond donors (Lipinski definition) is 0. The van der Waals surface area contributed by atoms with E-state index in [9.17, 15) is 0 Å². The molecule has 2 aliphatic heterocycles. The summed E-state index contributed by atoms with van der Waals surface area (Å²) in [6.07, 6.45) is 1.17. The average molecular weight is 218 g/mol. The second-order valence-electron chi connectivity index (χ2n) is 3.88. The highest BCUT2D eigenvalue weighted by Gasteiger charge is 2.23. The zero-order valence-corrected chi connectivity index (χ0v) is 9.46. The van der Waals surface area contributed by atoms with Crippen LogP contribution in [0.5, 0.6) is 0 Å². The lowest BCUT2D eigenvalue weighted by Crippen LogP contribution is -2.33. The molecular weight excluding hydrogens is 204 g/mol. The lowest BCUT2D eigenvalue weighted by Gasteiger charge is -2.23. The van der Waals surface area contributed by atoms with Gasteiger partial charge in [0, 0.05) is 18.0 Å². The molecule has 0 aliphatic carbocycles. The fourth-order valence-electron chi connectivity index (χ4n) is 2.22. The lowest BCUT2D eigenvalue weighted by atomic mass is 10.2. The molecule has 0 spiro atoms. The second-order valence-corrected chi connectivity index (χ2v) is 4.99. The first-order chi connectivity index (χ1) is 7.45. The maximum Gasteiger partial charge on any atom is 0.113 e. The molecule has 1 aromatic carbocycles. The van der Waals surface area contributed by atoms with Crippen molar-refractivity contribution in [3.63, 3.8) is 0 Å². The quantitative estimate of drug-likeness (QED) is 0.663. The van der Waals surface area contributed by atoms with Crippen molar-refractivity contribution < 1.29 is 0 Å². The van der Waals surface area contributed by atoms with Gasteiger partial charge in [-0.2, -0.15) is 11.8 Å². The molecule has 0 unspecified atom stereocenters. The predicted octanol–water partition coefficient (Wildman–Crippen LogP) is 2.19. The molecule has 2 heterocycles. The zero-order valence-electron chi connectivity index (χ0n) is 8.65. The Hall–Kier alpha value is -0.960. The van der Waals surface area contributed by atoms with Gasteiger partial charge in [0.15, 0.2) is 0 Å². The van der Waals surface area contributed by atoms with Crippen molar-refractivity contribution in [1.82, 2.24) is 0 Å². The standard InChI is InChI=1S/C12H14N2S/c1-2-4-11-10(3-1)5-7-14(11)12-9-15-8-6-13-12/h1-4H,5-9H2. The number of anilines is 1. The molecule has 3 rings (SSSR count). The molecule has 78 valence electrons. The maximum atomic E-state index is 4.63. The minimum absolute atomic E-state index is 0.985. The first-order valence-electron chi connectivity index (χ1n) is 5.42. The molecule has 15 heavy (non-hydrogen) atoms. The fraction of sp³-hybridized carbons (Fsp3) is 0.417. The number of rotatable bonds is 0. The third-order valence-corrected chi connectivity index (χ3v) is 3.89. The lowest BCUT2D eigenvalue weighted by molar-refractivity contribution is 0.995. The second kappa shape index (κ2) is 3.89. The molecule has 0 saturated heterocycles. The smallest absolute Gasteiger partial charge is 0.113 e. The van der Waals surface area contributed by atoms with Gasteiger partial charge in [-0.05, 0) is 18.1 Å². The van der Waals surface area contributed by atoms with Gasteiger partial charge < -0.3 is 4.90 Å². The molecule has 3 heteroatoms. The summed E-state index contributed by atoms with van der Waals surface area (Å²) in [5, 5.41) is 0. The average Bonchev–Trinajstić information content (AvgIpc) is 2.74. The summed E-state index contributed by atoms with van der Waals surface area (Å²) in [4.78, 5) is 7.02. The van der Waals surface area contributed by atoms with E-state index in [0.29, 0.717) is 0 Å². The van der Waals surface area contributed by atoms with Gasteiger partial charge in [0.25, 0.3) is 0 Å². The summed E-state index contributed by atoms with van der Waals surface area (Å²) in [7, 11) is 0. The van der Waals surface area contributed by atoms with E-state index in [2.05, 4.69) is 34.2 Å². The van der Waals surface area contributed by atoms with Crippen LogP contribution in [-0.4, -0.2) is 30.4 Å². The number of hydrogen-bond acceptors (Lipinski definition) is 3. The number of benzene rings is 1. The Labute approximate surface area is 94.4 Å². The monoisotopic (exact) mass is 218 g/mol. The van der Waals surface area contributed by atoms with E-state index in [1.165, 1.54) is 29.3 Å². The van der Waals surface area contributed by atoms with E-state index in [-0.39, 0.29) is 0 Å². The van der Waals surface area contributed by atoms with Crippen molar-refractivity contribution in [2.45, 2.75) is 6.42 Å². The van der Waals surface area contributed by atoms with Crippen LogP contribution in [0.25, 0.3) is 0 Å². The minimum Gasteiger partial charge on any atom is -0.329 e. The largest absolute Gasteiger partial charge is 0.329 e. The number of aliphatic imine (C=N–C) groups is 1. The van der Waals surface area contributed by atoms with Gasteiger partial charge in [0.2, 0.25) is 0 Å². The van der Waals surface area contributed by atoms with Crippen LogP contribution >= 0.6 is 11.8 Å². The molecule has 0 atom stereocenters. The van der Waals surface area contributed by atoms with E-state index >= 15 is 0 Å². The van der Waals surface area contributed by atoms with Crippen LogP contribution in [0.2, 0.25) is 0 Å². The summed E-state index contributed by atoms with van der Waals surface area (Å²) in [6, 6.07) is 8.68. The van der Waals surface area contributed by atoms with E-state index in [1.807, 2.05) is 11.8 Å². The van der Waals surface area contributed by atoms with Crippen LogP contribution < -0.4 is 4.90 Å². The Morgan fingerprint density at radius 2 is 2.20 bits per heavy atom. The predicted molar refractivity (Wildman–Crippen MR) is 67.1 cm³/mol. The van der Waals surface area contributed by atoms with Crippen molar-refractivity contribution in [1.29, 1.82) is 0 Å². The Morgan fingerprint density at radius 1 is 1.27 bits per heavy atom. The van der Waals surface area contributed by atoms with Crippen molar-refractivity contribution in [3.05, 3.63) is 29.8 Å². The molecule has 0 amide bonds. The van der Waals surface area contributed by atoms with Gasteiger partial charge in [0.1, 0.15) is 5.84 Å². The molecule has 0 bridgehead atoms. The topological polar surface area (TPSA) is 15.6 Å². The maximum absolute atomic E-state index is 4.63. The third-order valence-electron chi connectivity index (χ3n) is 2.96. The number of para-hydroxylation sites is 1. The van der Waals surface area contributed by atoms with Crippen LogP contribution in [-0.2, 0) is 6.42 Å². The highest BCUT2D eigenvalue weighted by Crippen LogP contribution is 2.29. The molecule has 0 fully saturated rings. The molecule has 0 radical (unpaired) electrons. The van der Waals surface area contributed by atoms with E-state index < -0.39 is 0 Å². The number of thioether (sulfide) groups is 1. The minimum atomic E-state index is 0.985. The highest BCUT2D eigenvalue weighted by molar-refractivity contribution is 8.00. The molecule has 0 saturated carbocycles. The van der Waals surface area contributed by atoms with Crippen molar-refractivity contribution >= 4 is 23.3 Å². The first kappa shape index (κ1) is 9.28. The molecule has 2 aliphatic rings. The summed E-state index contributed by atoms with van der Waals surface area (Å²) in [5.41, 5.74) is 2.84. The SMILES string of the molecule is c1ccc2c(c1)CCN2C1=NCCSC1. The molecule has 0 N–H and O–H groups in total. The van der Waals surface area contributed by atoms with Gasteiger partial charge in [-0.3, -0.25) is 4.99 Å². The van der Waals surface area contributed by atoms with Gasteiger partial charge in [0.05, 0.1) is 12.3 Å². The number of nitrogens with zero attached hydrogens (tertiary/aromatic N) is 2. The fourth-order valence-corrected chi connectivity index (χ4v) is 3.01. The van der Waals surface area contributed by atoms with Gasteiger partial charge in [-0.25, -0.2) is 0 Å². The summed E-state index contributed by atoms with van der Waals surface area (Å²) < 4.78 is 0. The van der Waals surface area contributed by atoms with Crippen molar-refractivity contribution in [3.8, 4) is 0 Å². The summed E-state index contributed by atoms with van der Waals surface area (Å²) in [6.45, 7) is 2.09. The Bertz CT molecular complexity index is 400. The number of fused-ring (bicyclic) bond motifs is 1. The Kier molecular flexibility index (Phi) is 2.41. The number of amidine groups is 1. The van der Waals surface area contributed by atoms with Crippen LogP contribution in [0.15, 0.2) is 29.3 Å². The van der Waals surface area contributed by atoms with Crippen LogP contribution in [0.4, 0.5) is 5.69 Å². The Balaban J connectivity index is 1.93. The summed E-state index contributed by atoms with van der Waals surface area (Å²) >= 11 is 1.99. The first-order valence-corrected chi connectivity index (χ1v) is 6.57. The molecule has 1 aromatic rings. The van der Waals surface area contributed by atoms with Crippen LogP contribution in [0.1, 0.15) is 5.56 Å². The molecule has 0 aromatic heterocycles. The van der Waals surface area contributed by atoms with Gasteiger partial charge in [-0.1, -0.05) is 18.2 Å². The van der Waals surface area contributed by atoms with Crippen LogP contribution in [0.3, 0.4) is 0 Å². The normalized spacial score (nSPS) is 20.0. The van der Waals surface area contributed by atoms with E-state index in [4.69, 9.17) is 0 Å². The molecular formula is C12H14N2S. The van der Waals surface area contributed by atoms with E-state index in [0.717, 1.165) is 18.8 Å². The molecule has 2 nitrogen and oxygen atoms in total. The van der Waals surface area contributed by atoms with Gasteiger partial charge in [-0.15, -0.1) is 0 Å².